The molecule has 1 aliphatic carbocycles. The van der Waals surface area contributed by atoms with Crippen LogP contribution in [0, 0.1) is 11.8 Å². The predicted molar refractivity (Wildman–Crippen MR) is 88.2 cm³/mol. The average molecular weight is 304 g/mol. The third-order valence-corrected chi connectivity index (χ3v) is 4.22. The molecular formula is C18H28N2O2. The summed E-state index contributed by atoms with van der Waals surface area (Å²) in [6.07, 6.45) is 3.91. The molecule has 1 aromatic rings. The zero-order valence-electron chi connectivity index (χ0n) is 13.5. The maximum Gasteiger partial charge on any atom is 0.223 e. The quantitative estimate of drug-likeness (QED) is 0.813. The summed E-state index contributed by atoms with van der Waals surface area (Å²) in [6, 6.07) is 10.3. The Balaban J connectivity index is 1.60. The first-order valence-corrected chi connectivity index (χ1v) is 8.30. The summed E-state index contributed by atoms with van der Waals surface area (Å²) in [5.41, 5.74) is 7.12. The maximum atomic E-state index is 12.1. The van der Waals surface area contributed by atoms with E-state index < -0.39 is 0 Å². The number of ether oxygens (including phenoxy) is 1. The van der Waals surface area contributed by atoms with Crippen molar-refractivity contribution in [3.05, 3.63) is 35.9 Å². The molecule has 122 valence electrons. The van der Waals surface area contributed by atoms with Crippen LogP contribution in [0.5, 0.6) is 0 Å². The molecule has 1 amide bonds. The van der Waals surface area contributed by atoms with Gasteiger partial charge in [-0.05, 0) is 30.7 Å². The van der Waals surface area contributed by atoms with E-state index in [1.807, 2.05) is 18.2 Å². The summed E-state index contributed by atoms with van der Waals surface area (Å²) in [4.78, 5) is 12.1. The topological polar surface area (TPSA) is 64.4 Å². The molecule has 22 heavy (non-hydrogen) atoms. The van der Waals surface area contributed by atoms with Gasteiger partial charge in [-0.2, -0.15) is 0 Å². The van der Waals surface area contributed by atoms with Crippen LogP contribution in [-0.4, -0.2) is 25.1 Å². The molecule has 3 atom stereocenters. The number of nitrogens with one attached hydrogen (secondary N) is 1. The van der Waals surface area contributed by atoms with Gasteiger partial charge in [-0.15, -0.1) is 0 Å². The number of carbonyl (C=O) groups excluding carboxylic acids is 1. The highest BCUT2D eigenvalue weighted by Gasteiger charge is 2.25. The largest absolute Gasteiger partial charge is 0.376 e. The first kappa shape index (κ1) is 17.0. The Kier molecular flexibility index (Phi) is 6.87. The Hall–Kier alpha value is -1.39. The normalized spacial score (nSPS) is 23.0. The fraction of sp³-hybridized carbons (Fsp3) is 0.611. The summed E-state index contributed by atoms with van der Waals surface area (Å²) in [5.74, 6) is 0.566. The average Bonchev–Trinajstić information content (AvgIpc) is 2.53. The van der Waals surface area contributed by atoms with Crippen LogP contribution in [0.25, 0.3) is 0 Å². The molecule has 0 aromatic heterocycles. The van der Waals surface area contributed by atoms with Crippen LogP contribution in [-0.2, 0) is 16.1 Å². The summed E-state index contributed by atoms with van der Waals surface area (Å²) >= 11 is 0. The molecule has 1 fully saturated rings. The van der Waals surface area contributed by atoms with Crippen LogP contribution in [0.1, 0.15) is 38.2 Å². The number of benzene rings is 1. The predicted octanol–water partition coefficient (Wildman–Crippen LogP) is 2.47. The molecule has 4 nitrogen and oxygen atoms in total. The molecule has 1 saturated carbocycles. The van der Waals surface area contributed by atoms with E-state index in [9.17, 15) is 4.79 Å². The second-order valence-corrected chi connectivity index (χ2v) is 6.47. The van der Waals surface area contributed by atoms with E-state index in [1.165, 1.54) is 5.56 Å². The Bertz CT molecular complexity index is 450. The lowest BCUT2D eigenvalue weighted by Crippen LogP contribution is -2.39. The third-order valence-electron chi connectivity index (χ3n) is 4.22. The van der Waals surface area contributed by atoms with E-state index in [1.54, 1.807) is 0 Å². The molecule has 1 aliphatic rings. The molecule has 0 bridgehead atoms. The lowest BCUT2D eigenvalue weighted by molar-refractivity contribution is -0.126. The van der Waals surface area contributed by atoms with Gasteiger partial charge in [-0.25, -0.2) is 0 Å². The van der Waals surface area contributed by atoms with Crippen LogP contribution in [0.15, 0.2) is 30.3 Å². The van der Waals surface area contributed by atoms with E-state index in [-0.39, 0.29) is 17.9 Å². The summed E-state index contributed by atoms with van der Waals surface area (Å²) in [5, 5.41) is 3.05. The number of nitrogens with two attached hydrogens (primary N) is 1. The Morgan fingerprint density at radius 1 is 1.36 bits per heavy atom. The minimum absolute atomic E-state index is 0.0983. The SMILES string of the molecule is CC(CNC(=O)C1CCCC(N)C1)COCc1ccccc1. The van der Waals surface area contributed by atoms with Crippen LogP contribution < -0.4 is 11.1 Å². The molecular weight excluding hydrogens is 276 g/mol. The van der Waals surface area contributed by atoms with Gasteiger partial charge in [-0.1, -0.05) is 43.7 Å². The van der Waals surface area contributed by atoms with Crippen LogP contribution in [0.2, 0.25) is 0 Å². The fourth-order valence-corrected chi connectivity index (χ4v) is 2.90. The van der Waals surface area contributed by atoms with E-state index in [0.29, 0.717) is 25.7 Å². The molecule has 2 rings (SSSR count). The Morgan fingerprint density at radius 2 is 2.14 bits per heavy atom. The standard InChI is InChI=1S/C18H28N2O2/c1-14(12-22-13-15-6-3-2-4-7-15)11-20-18(21)16-8-5-9-17(19)10-16/h2-4,6-7,14,16-17H,5,8-13,19H2,1H3,(H,20,21). The number of hydrogen-bond acceptors (Lipinski definition) is 3. The fourth-order valence-electron chi connectivity index (χ4n) is 2.90. The van der Waals surface area contributed by atoms with Gasteiger partial charge in [0.1, 0.15) is 0 Å². The van der Waals surface area contributed by atoms with Gasteiger partial charge in [0.05, 0.1) is 13.2 Å². The first-order valence-electron chi connectivity index (χ1n) is 8.30. The van der Waals surface area contributed by atoms with E-state index >= 15 is 0 Å². The second-order valence-electron chi connectivity index (χ2n) is 6.47. The highest BCUT2D eigenvalue weighted by molar-refractivity contribution is 5.78. The van der Waals surface area contributed by atoms with Crippen molar-refractivity contribution in [2.24, 2.45) is 17.6 Å². The van der Waals surface area contributed by atoms with Gasteiger partial charge in [-0.3, -0.25) is 4.79 Å². The van der Waals surface area contributed by atoms with Gasteiger partial charge in [0.2, 0.25) is 5.91 Å². The number of amides is 1. The third kappa shape index (κ3) is 5.78. The molecule has 4 heteroatoms. The maximum absolute atomic E-state index is 12.1. The zero-order chi connectivity index (χ0) is 15.8. The Morgan fingerprint density at radius 3 is 2.86 bits per heavy atom. The van der Waals surface area contributed by atoms with Gasteiger partial charge in [0, 0.05) is 18.5 Å². The van der Waals surface area contributed by atoms with Crippen molar-refractivity contribution in [1.29, 1.82) is 0 Å². The van der Waals surface area contributed by atoms with Crippen molar-refractivity contribution in [3.8, 4) is 0 Å². The minimum atomic E-state index is 0.0983. The number of rotatable bonds is 7. The van der Waals surface area contributed by atoms with Crippen molar-refractivity contribution < 1.29 is 9.53 Å². The second kappa shape index (κ2) is 8.91. The first-order chi connectivity index (χ1) is 10.6. The van der Waals surface area contributed by atoms with Crippen molar-refractivity contribution in [2.75, 3.05) is 13.2 Å². The van der Waals surface area contributed by atoms with Crippen molar-refractivity contribution >= 4 is 5.91 Å². The van der Waals surface area contributed by atoms with E-state index in [4.69, 9.17) is 10.5 Å². The Labute approximate surface area is 133 Å². The van der Waals surface area contributed by atoms with Crippen molar-refractivity contribution in [2.45, 2.75) is 45.3 Å². The van der Waals surface area contributed by atoms with Gasteiger partial charge < -0.3 is 15.8 Å². The molecule has 1 aromatic carbocycles. The summed E-state index contributed by atoms with van der Waals surface area (Å²) in [6.45, 7) is 4.03. The van der Waals surface area contributed by atoms with Gasteiger partial charge in [0.25, 0.3) is 0 Å². The molecule has 0 saturated heterocycles. The number of hydrogen-bond donors (Lipinski definition) is 2. The molecule has 0 radical (unpaired) electrons. The summed E-state index contributed by atoms with van der Waals surface area (Å²) < 4.78 is 5.71. The van der Waals surface area contributed by atoms with Crippen LogP contribution in [0.4, 0.5) is 0 Å². The smallest absolute Gasteiger partial charge is 0.223 e. The van der Waals surface area contributed by atoms with Crippen LogP contribution >= 0.6 is 0 Å². The highest BCUT2D eigenvalue weighted by atomic mass is 16.5. The zero-order valence-corrected chi connectivity index (χ0v) is 13.5. The van der Waals surface area contributed by atoms with Gasteiger partial charge in [0.15, 0.2) is 0 Å². The molecule has 0 heterocycles. The molecule has 3 N–H and O–H groups in total. The van der Waals surface area contributed by atoms with Gasteiger partial charge >= 0.3 is 0 Å². The lowest BCUT2D eigenvalue weighted by atomic mass is 9.85. The van der Waals surface area contributed by atoms with Crippen molar-refractivity contribution in [3.63, 3.8) is 0 Å². The van der Waals surface area contributed by atoms with E-state index in [0.717, 1.165) is 25.7 Å². The lowest BCUT2D eigenvalue weighted by Gasteiger charge is -2.26. The van der Waals surface area contributed by atoms with Crippen LogP contribution in [0.3, 0.4) is 0 Å². The minimum Gasteiger partial charge on any atom is -0.376 e. The highest BCUT2D eigenvalue weighted by Crippen LogP contribution is 2.23. The molecule has 3 unspecified atom stereocenters. The molecule has 0 spiro atoms. The monoisotopic (exact) mass is 304 g/mol. The van der Waals surface area contributed by atoms with E-state index in [2.05, 4.69) is 24.4 Å². The molecule has 0 aliphatic heterocycles. The van der Waals surface area contributed by atoms with Crippen molar-refractivity contribution in [1.82, 2.24) is 5.32 Å². The number of carbonyl (C=O) groups is 1. The summed E-state index contributed by atoms with van der Waals surface area (Å²) in [7, 11) is 0.